The third-order valence-electron chi connectivity index (χ3n) is 6.11. The van der Waals surface area contributed by atoms with Gasteiger partial charge in [-0.1, -0.05) is 68.7 Å². The van der Waals surface area contributed by atoms with E-state index in [-0.39, 0.29) is 30.2 Å². The van der Waals surface area contributed by atoms with Gasteiger partial charge in [0.25, 0.3) is 0 Å². The third-order valence-corrected chi connectivity index (χ3v) is 12.0. The zero-order valence-corrected chi connectivity index (χ0v) is 26.7. The van der Waals surface area contributed by atoms with Crippen LogP contribution in [0.2, 0.25) is 12.1 Å². The van der Waals surface area contributed by atoms with Gasteiger partial charge in [-0.3, -0.25) is 6.08 Å². The summed E-state index contributed by atoms with van der Waals surface area (Å²) >= 11 is 1.84. The molecule has 4 rings (SSSR count). The van der Waals surface area contributed by atoms with Crippen LogP contribution in [0.15, 0.2) is 83.4 Å². The van der Waals surface area contributed by atoms with Crippen LogP contribution in [0.4, 0.5) is 0 Å². The third kappa shape index (κ3) is 10.1. The zero-order valence-electron chi connectivity index (χ0n) is 21.6. The van der Waals surface area contributed by atoms with Crippen LogP contribution in [0.1, 0.15) is 54.4 Å². The molecule has 1 unspecified atom stereocenters. The number of allylic oxidation sites excluding steroid dienone is 4. The summed E-state index contributed by atoms with van der Waals surface area (Å²) in [7, 11) is 0. The molecule has 0 aromatic heterocycles. The molecule has 1 aliphatic carbocycles. The fourth-order valence-corrected chi connectivity index (χ4v) is 9.05. The summed E-state index contributed by atoms with van der Waals surface area (Å²) in [5.41, 5.74) is 7.06. The number of benzene rings is 2. The van der Waals surface area contributed by atoms with Crippen molar-refractivity contribution < 1.29 is 23.3 Å². The molecule has 0 heterocycles. The monoisotopic (exact) mass is 588 g/mol. The van der Waals surface area contributed by atoms with Crippen molar-refractivity contribution in [3.63, 3.8) is 0 Å². The van der Waals surface area contributed by atoms with Crippen LogP contribution in [-0.2, 0) is 23.3 Å². The molecule has 0 aliphatic heterocycles. The summed E-state index contributed by atoms with van der Waals surface area (Å²) < 4.78 is 0. The van der Waals surface area contributed by atoms with Crippen LogP contribution in [0.5, 0.6) is 0 Å². The van der Waals surface area contributed by atoms with Gasteiger partial charge in [0.1, 0.15) is 0 Å². The Bertz CT molecular complexity index is 1060. The topological polar surface area (TPSA) is 0 Å². The summed E-state index contributed by atoms with van der Waals surface area (Å²) in [6.07, 6.45) is 6.19. The van der Waals surface area contributed by atoms with Crippen LogP contribution >= 0.6 is 24.8 Å². The van der Waals surface area contributed by atoms with Crippen LogP contribution in [0.25, 0.3) is 21.9 Å². The van der Waals surface area contributed by atoms with Crippen molar-refractivity contribution in [3.8, 4) is 11.1 Å². The normalized spacial score (nSPS) is 14.1. The van der Waals surface area contributed by atoms with Crippen molar-refractivity contribution in [1.82, 2.24) is 0 Å². The molecule has 3 aromatic carbocycles. The Hall–Kier alpha value is -0.790. The van der Waals surface area contributed by atoms with Gasteiger partial charge in [-0.15, -0.1) is 78.4 Å². The maximum atomic E-state index is 3.36. The average Bonchev–Trinajstić information content (AvgIpc) is 3.32. The first kappa shape index (κ1) is 33.2. The van der Waals surface area contributed by atoms with Crippen molar-refractivity contribution in [2.24, 2.45) is 5.92 Å². The van der Waals surface area contributed by atoms with Crippen LogP contribution in [0, 0.1) is 12.0 Å². The van der Waals surface area contributed by atoms with Gasteiger partial charge < -0.3 is 0 Å². The Balaban J connectivity index is 0.000000503. The van der Waals surface area contributed by atoms with Crippen molar-refractivity contribution in [2.45, 2.75) is 66.5 Å². The van der Waals surface area contributed by atoms with Gasteiger partial charge in [-0.25, -0.2) is 5.57 Å². The number of rotatable bonds is 5. The number of fused-ring (bicyclic) bond motifs is 1. The molecule has 0 radical (unpaired) electrons. The van der Waals surface area contributed by atoms with E-state index in [2.05, 4.69) is 114 Å². The van der Waals surface area contributed by atoms with Crippen molar-refractivity contribution >= 4 is 41.0 Å². The molecule has 0 saturated carbocycles. The van der Waals surface area contributed by atoms with E-state index in [1.54, 1.807) is 12.1 Å². The predicted molar refractivity (Wildman–Crippen MR) is 155 cm³/mol. The Kier molecular flexibility index (Phi) is 17.2. The van der Waals surface area contributed by atoms with Crippen LogP contribution < -0.4 is 0 Å². The quantitative estimate of drug-likeness (QED) is 0.205. The van der Waals surface area contributed by atoms with E-state index in [0.29, 0.717) is 5.92 Å². The second kappa shape index (κ2) is 17.6. The number of hydrogen-bond acceptors (Lipinski definition) is 0. The van der Waals surface area contributed by atoms with E-state index in [9.17, 15) is 0 Å². The maximum absolute atomic E-state index is 3.36. The summed E-state index contributed by atoms with van der Waals surface area (Å²) in [4.78, 5) is 0. The molecule has 3 aromatic rings. The molecule has 0 amide bonds. The van der Waals surface area contributed by atoms with Crippen LogP contribution in [0.3, 0.4) is 0 Å². The predicted octanol–water partition coefficient (Wildman–Crippen LogP) is 10.1. The largest absolute Gasteiger partial charge is 0.150 e. The second-order valence-corrected chi connectivity index (χ2v) is 16.0. The standard InChI is InChI=1S/C15H11.C9H13.C6H14Si.2ClH.Zr/c1-2-6-12(7-3-1)15-11-10-13-8-4-5-9-14(13)15;1-6-5-7(2)9(4)8(6)3;1-3-5-7-6-4-2;;;/h1-11H;6H,1-4H3;3-6H2,1-2H3;2*1H;/q2*-1;;;;+2. The molecule has 1 atom stereocenters. The summed E-state index contributed by atoms with van der Waals surface area (Å²) in [6.45, 7) is 13.3. The van der Waals surface area contributed by atoms with E-state index in [0.717, 1.165) is 0 Å². The van der Waals surface area contributed by atoms with Crippen molar-refractivity contribution in [1.29, 1.82) is 0 Å². The minimum atomic E-state index is 0. The fourth-order valence-electron chi connectivity index (χ4n) is 3.91. The SMILES string of the molecule is CC1=[C-]C(C)C(C)=C1C.CCC[Si](=[Zr+2])CCC.Cl.Cl.c1ccc(-c2c[cH-]c3ccccc23)cc1. The fraction of sp³-hybridized carbons (Fsp3) is 0.367. The molecule has 0 N–H and O–H groups in total. The second-order valence-electron chi connectivity index (χ2n) is 8.60. The first-order chi connectivity index (χ1) is 15.4. The average molecular weight is 591 g/mol. The molecular weight excluding hydrogens is 551 g/mol. The van der Waals surface area contributed by atoms with E-state index in [1.165, 1.54) is 51.5 Å². The molecular formula is C30H40Cl2SiZr. The first-order valence-corrected chi connectivity index (χ1v) is 17.5. The zero-order chi connectivity index (χ0) is 23.5. The number of hydrogen-bond donors (Lipinski definition) is 0. The Morgan fingerprint density at radius 2 is 1.44 bits per heavy atom. The van der Waals surface area contributed by atoms with Gasteiger partial charge in [-0.2, -0.15) is 11.1 Å². The Morgan fingerprint density at radius 3 is 1.91 bits per heavy atom. The smallest absolute Gasteiger partial charge is 0.0623 e. The molecule has 4 heteroatoms. The van der Waals surface area contributed by atoms with Gasteiger partial charge in [0.05, 0.1) is 0 Å². The molecule has 1 aliphatic rings. The van der Waals surface area contributed by atoms with Crippen molar-refractivity contribution in [3.05, 3.63) is 89.5 Å². The minimum absolute atomic E-state index is 0. The summed E-state index contributed by atoms with van der Waals surface area (Å²) in [6, 6.07) is 26.5. The number of halogens is 2. The Morgan fingerprint density at radius 1 is 0.882 bits per heavy atom. The van der Waals surface area contributed by atoms with E-state index < -0.39 is 0 Å². The van der Waals surface area contributed by atoms with Gasteiger partial charge in [-0.05, 0) is 0 Å². The first-order valence-electron chi connectivity index (χ1n) is 11.9. The van der Waals surface area contributed by atoms with E-state index in [1.807, 2.05) is 23.3 Å². The molecule has 34 heavy (non-hydrogen) atoms. The molecule has 0 nitrogen and oxygen atoms in total. The summed E-state index contributed by atoms with van der Waals surface area (Å²) in [5, 5.41) is 2.65. The van der Waals surface area contributed by atoms with Gasteiger partial charge in [0.15, 0.2) is 0 Å². The van der Waals surface area contributed by atoms with Gasteiger partial charge >= 0.3 is 67.5 Å². The molecule has 0 spiro atoms. The van der Waals surface area contributed by atoms with Gasteiger partial charge in [0.2, 0.25) is 0 Å². The maximum Gasteiger partial charge on any atom is -0.0623 e. The summed E-state index contributed by atoms with van der Waals surface area (Å²) in [5.74, 6) is 0.560. The van der Waals surface area contributed by atoms with Gasteiger partial charge in [0, 0.05) is 0 Å². The molecule has 0 bridgehead atoms. The van der Waals surface area contributed by atoms with Crippen LogP contribution in [-0.4, -0.2) is 5.43 Å². The van der Waals surface area contributed by atoms with E-state index in [4.69, 9.17) is 0 Å². The molecule has 0 fully saturated rings. The minimum Gasteiger partial charge on any atom is -0.150 e. The molecule has 0 saturated heterocycles. The molecule has 182 valence electrons. The Labute approximate surface area is 235 Å². The van der Waals surface area contributed by atoms with Crippen molar-refractivity contribution in [2.75, 3.05) is 0 Å². The van der Waals surface area contributed by atoms with E-state index >= 15 is 0 Å².